The van der Waals surface area contributed by atoms with E-state index in [-0.39, 0.29) is 12.1 Å². The van der Waals surface area contributed by atoms with Crippen LogP contribution >= 0.6 is 0 Å². The van der Waals surface area contributed by atoms with Crippen LogP contribution in [-0.4, -0.2) is 39.4 Å². The van der Waals surface area contributed by atoms with Gasteiger partial charge >= 0.3 is 8.80 Å². The standard InChI is InChI=1S/C22H32O7Si/c1-16-6-8-20(9-7-16)21-10-12-22(13-11-21)26-14-5-15-30(27-17(2)23,28-18(3)24)29-19(4)25/h6-9,21-22H,5,10-15H2,1-4H3/t21-,22-. The summed E-state index contributed by atoms with van der Waals surface area (Å²) in [5, 5.41) is 0. The molecular formula is C22H32O7Si. The molecule has 0 bridgehead atoms. The van der Waals surface area contributed by atoms with Crippen molar-refractivity contribution in [3.05, 3.63) is 35.4 Å². The van der Waals surface area contributed by atoms with Crippen LogP contribution in [0.25, 0.3) is 0 Å². The van der Waals surface area contributed by atoms with Gasteiger partial charge in [0.05, 0.1) is 12.1 Å². The normalized spacial score (nSPS) is 19.1. The number of carbonyl (C=O) groups excluding carboxylic acids is 3. The Hall–Kier alpha value is -2.19. The molecule has 0 aliphatic heterocycles. The third-order valence-electron chi connectivity index (χ3n) is 5.10. The van der Waals surface area contributed by atoms with Crippen molar-refractivity contribution < 1.29 is 32.4 Å². The van der Waals surface area contributed by atoms with Crippen molar-refractivity contribution in [1.29, 1.82) is 0 Å². The second kappa shape index (κ2) is 11.3. The second-order valence-corrected chi connectivity index (χ2v) is 10.3. The van der Waals surface area contributed by atoms with Crippen LogP contribution in [0, 0.1) is 6.92 Å². The summed E-state index contributed by atoms with van der Waals surface area (Å²) < 4.78 is 21.5. The highest BCUT2D eigenvalue weighted by Crippen LogP contribution is 2.34. The fourth-order valence-electron chi connectivity index (χ4n) is 3.81. The van der Waals surface area contributed by atoms with Crippen LogP contribution in [0.1, 0.15) is 69.9 Å². The van der Waals surface area contributed by atoms with E-state index in [2.05, 4.69) is 31.2 Å². The highest BCUT2D eigenvalue weighted by atomic mass is 28.4. The summed E-state index contributed by atoms with van der Waals surface area (Å²) in [6, 6.07) is 8.88. The minimum Gasteiger partial charge on any atom is -0.455 e. The summed E-state index contributed by atoms with van der Waals surface area (Å²) in [7, 11) is -3.76. The van der Waals surface area contributed by atoms with Gasteiger partial charge in [-0.15, -0.1) is 0 Å². The van der Waals surface area contributed by atoms with Crippen molar-refractivity contribution in [2.24, 2.45) is 0 Å². The third kappa shape index (κ3) is 7.91. The van der Waals surface area contributed by atoms with Crippen molar-refractivity contribution in [3.8, 4) is 0 Å². The van der Waals surface area contributed by atoms with Gasteiger partial charge in [-0.2, -0.15) is 0 Å². The molecule has 0 radical (unpaired) electrons. The summed E-state index contributed by atoms with van der Waals surface area (Å²) in [5.41, 5.74) is 2.66. The molecule has 0 saturated heterocycles. The maximum Gasteiger partial charge on any atom is 0.705 e. The molecule has 1 saturated carbocycles. The van der Waals surface area contributed by atoms with Gasteiger partial charge in [0.2, 0.25) is 0 Å². The van der Waals surface area contributed by atoms with Crippen LogP contribution in [0.15, 0.2) is 24.3 Å². The van der Waals surface area contributed by atoms with Crippen LogP contribution in [0.5, 0.6) is 0 Å². The Kier molecular flexibility index (Phi) is 9.04. The van der Waals surface area contributed by atoms with Crippen LogP contribution in [0.3, 0.4) is 0 Å². The Labute approximate surface area is 179 Å². The summed E-state index contributed by atoms with van der Waals surface area (Å²) in [5.74, 6) is -1.39. The topological polar surface area (TPSA) is 88.1 Å². The molecule has 0 amide bonds. The second-order valence-electron chi connectivity index (χ2n) is 7.82. The number of rotatable bonds is 9. The molecule has 8 heteroatoms. The van der Waals surface area contributed by atoms with E-state index in [1.807, 2.05) is 0 Å². The first kappa shape index (κ1) is 24.1. The SMILES string of the molecule is CC(=O)O[Si](CCCO[C@H]1CC[C@H](c2ccc(C)cc2)CC1)(OC(C)=O)OC(C)=O. The van der Waals surface area contributed by atoms with Crippen molar-refractivity contribution in [2.45, 2.75) is 77.9 Å². The minimum atomic E-state index is -3.76. The molecular weight excluding hydrogens is 404 g/mol. The van der Waals surface area contributed by atoms with E-state index in [9.17, 15) is 14.4 Å². The number of hydrogen-bond acceptors (Lipinski definition) is 7. The molecule has 30 heavy (non-hydrogen) atoms. The summed E-state index contributed by atoms with van der Waals surface area (Å²) in [6.45, 7) is 6.09. The van der Waals surface area contributed by atoms with Gasteiger partial charge < -0.3 is 18.0 Å². The van der Waals surface area contributed by atoms with E-state index in [4.69, 9.17) is 18.0 Å². The monoisotopic (exact) mass is 436 g/mol. The van der Waals surface area contributed by atoms with Gasteiger partial charge in [0.1, 0.15) is 0 Å². The first-order valence-electron chi connectivity index (χ1n) is 10.5. The number of ether oxygens (including phenoxy) is 1. The summed E-state index contributed by atoms with van der Waals surface area (Å²) in [6.07, 6.45) is 4.77. The van der Waals surface area contributed by atoms with Crippen molar-refractivity contribution in [1.82, 2.24) is 0 Å². The zero-order chi connectivity index (χ0) is 22.1. The molecule has 2 rings (SSSR count). The lowest BCUT2D eigenvalue weighted by atomic mass is 9.82. The number of benzene rings is 1. The molecule has 7 nitrogen and oxygen atoms in total. The predicted molar refractivity (Wildman–Crippen MR) is 113 cm³/mol. The van der Waals surface area contributed by atoms with Crippen LogP contribution in [0.4, 0.5) is 0 Å². The minimum absolute atomic E-state index is 0.143. The summed E-state index contributed by atoms with van der Waals surface area (Å²) >= 11 is 0. The molecule has 166 valence electrons. The van der Waals surface area contributed by atoms with Crippen molar-refractivity contribution in [2.75, 3.05) is 6.61 Å². The Bertz CT molecular complexity index is 683. The van der Waals surface area contributed by atoms with E-state index in [0.717, 1.165) is 25.7 Å². The fourth-order valence-corrected chi connectivity index (χ4v) is 6.14. The van der Waals surface area contributed by atoms with Gasteiger partial charge in [-0.3, -0.25) is 14.4 Å². The molecule has 1 aromatic rings. The number of hydrogen-bond donors (Lipinski definition) is 0. The fraction of sp³-hybridized carbons (Fsp3) is 0.591. The largest absolute Gasteiger partial charge is 0.705 e. The van der Waals surface area contributed by atoms with Gasteiger partial charge in [0.25, 0.3) is 17.9 Å². The van der Waals surface area contributed by atoms with E-state index in [1.54, 1.807) is 0 Å². The number of carbonyl (C=O) groups is 3. The maximum absolute atomic E-state index is 11.5. The average Bonchev–Trinajstić information content (AvgIpc) is 2.65. The van der Waals surface area contributed by atoms with E-state index in [0.29, 0.717) is 18.9 Å². The van der Waals surface area contributed by atoms with E-state index < -0.39 is 26.7 Å². The molecule has 1 aliphatic carbocycles. The Morgan fingerprint density at radius 3 is 1.83 bits per heavy atom. The van der Waals surface area contributed by atoms with E-state index in [1.165, 1.54) is 31.9 Å². The first-order valence-corrected chi connectivity index (χ1v) is 12.4. The third-order valence-corrected chi connectivity index (χ3v) is 7.86. The van der Waals surface area contributed by atoms with Crippen molar-refractivity contribution >= 4 is 26.7 Å². The van der Waals surface area contributed by atoms with Gasteiger partial charge in [0, 0.05) is 27.4 Å². The molecule has 0 N–H and O–H groups in total. The predicted octanol–water partition coefficient (Wildman–Crippen LogP) is 4.06. The van der Waals surface area contributed by atoms with Gasteiger partial charge in [-0.05, 0) is 50.5 Å². The Morgan fingerprint density at radius 2 is 1.37 bits per heavy atom. The van der Waals surface area contributed by atoms with Crippen molar-refractivity contribution in [3.63, 3.8) is 0 Å². The molecule has 1 fully saturated rings. The van der Waals surface area contributed by atoms with Gasteiger partial charge in [-0.25, -0.2) is 0 Å². The zero-order valence-electron chi connectivity index (χ0n) is 18.3. The molecule has 1 aromatic carbocycles. The lowest BCUT2D eigenvalue weighted by molar-refractivity contribution is -0.147. The molecule has 0 unspecified atom stereocenters. The number of aryl methyl sites for hydroxylation is 1. The smallest absolute Gasteiger partial charge is 0.455 e. The lowest BCUT2D eigenvalue weighted by Crippen LogP contribution is -2.49. The molecule has 0 spiro atoms. The molecule has 1 aliphatic rings. The average molecular weight is 437 g/mol. The Morgan fingerprint density at radius 1 is 0.867 bits per heavy atom. The highest BCUT2D eigenvalue weighted by Gasteiger charge is 2.51. The zero-order valence-corrected chi connectivity index (χ0v) is 19.3. The quantitative estimate of drug-likeness (QED) is 0.426. The molecule has 0 atom stereocenters. The maximum atomic E-state index is 11.5. The van der Waals surface area contributed by atoms with Gasteiger partial charge in [-0.1, -0.05) is 29.8 Å². The Balaban J connectivity index is 1.81. The van der Waals surface area contributed by atoms with Crippen LogP contribution < -0.4 is 0 Å². The van der Waals surface area contributed by atoms with Gasteiger partial charge in [0.15, 0.2) is 0 Å². The molecule has 0 heterocycles. The lowest BCUT2D eigenvalue weighted by Gasteiger charge is -2.29. The summed E-state index contributed by atoms with van der Waals surface area (Å²) in [4.78, 5) is 34.4. The van der Waals surface area contributed by atoms with Crippen LogP contribution in [0.2, 0.25) is 6.04 Å². The molecule has 0 aromatic heterocycles. The van der Waals surface area contributed by atoms with Crippen LogP contribution in [-0.2, 0) is 32.4 Å². The highest BCUT2D eigenvalue weighted by molar-refractivity contribution is 6.65. The first-order chi connectivity index (χ1) is 14.2. The van der Waals surface area contributed by atoms with E-state index >= 15 is 0 Å².